The highest BCUT2D eigenvalue weighted by atomic mass is 35.5. The quantitative estimate of drug-likeness (QED) is 0.837. The van der Waals surface area contributed by atoms with Crippen LogP contribution in [0.2, 0.25) is 5.02 Å². The molecule has 0 radical (unpaired) electrons. The van der Waals surface area contributed by atoms with E-state index in [4.69, 9.17) is 11.6 Å². The number of likely N-dealkylation sites (N-methyl/N-ethyl adjacent to an activating group) is 1. The summed E-state index contributed by atoms with van der Waals surface area (Å²) in [4.78, 5) is 16.6. The van der Waals surface area contributed by atoms with Crippen LogP contribution in [0.5, 0.6) is 0 Å². The van der Waals surface area contributed by atoms with Crippen molar-refractivity contribution in [2.75, 3.05) is 38.1 Å². The fraction of sp³-hybridized carbons (Fsp3) is 0.333. The van der Waals surface area contributed by atoms with Crippen molar-refractivity contribution in [2.45, 2.75) is 0 Å². The van der Waals surface area contributed by atoms with Crippen LogP contribution >= 0.6 is 11.6 Å². The van der Waals surface area contributed by atoms with Gasteiger partial charge in [0.2, 0.25) is 0 Å². The SMILES string of the molecule is CN1CCN(c2cnn(-c3cc(F)cc(F)c3)c(=O)c2Cl)CC1. The van der Waals surface area contributed by atoms with Crippen LogP contribution in [0.25, 0.3) is 5.69 Å². The van der Waals surface area contributed by atoms with Crippen LogP contribution in [0.4, 0.5) is 14.5 Å². The summed E-state index contributed by atoms with van der Waals surface area (Å²) < 4.78 is 27.5. The highest BCUT2D eigenvalue weighted by Crippen LogP contribution is 2.23. The van der Waals surface area contributed by atoms with Crippen LogP contribution in [0.3, 0.4) is 0 Å². The number of hydrogen-bond donors (Lipinski definition) is 0. The van der Waals surface area contributed by atoms with E-state index in [2.05, 4.69) is 10.00 Å². The van der Waals surface area contributed by atoms with E-state index in [-0.39, 0.29) is 10.7 Å². The molecule has 1 aliphatic rings. The van der Waals surface area contributed by atoms with Gasteiger partial charge in [0.05, 0.1) is 17.6 Å². The van der Waals surface area contributed by atoms with Gasteiger partial charge in [-0.2, -0.15) is 9.78 Å². The number of anilines is 1. The van der Waals surface area contributed by atoms with Crippen molar-refractivity contribution < 1.29 is 8.78 Å². The van der Waals surface area contributed by atoms with Gasteiger partial charge in [-0.25, -0.2) is 8.78 Å². The van der Waals surface area contributed by atoms with E-state index in [0.29, 0.717) is 5.69 Å². The van der Waals surface area contributed by atoms with Gasteiger partial charge >= 0.3 is 0 Å². The van der Waals surface area contributed by atoms with E-state index >= 15 is 0 Å². The zero-order valence-corrected chi connectivity index (χ0v) is 13.2. The molecular formula is C15H15ClF2N4O. The lowest BCUT2D eigenvalue weighted by molar-refractivity contribution is 0.312. The second kappa shape index (κ2) is 6.25. The summed E-state index contributed by atoms with van der Waals surface area (Å²) in [5.41, 5.74) is -0.0645. The molecule has 1 aromatic heterocycles. The molecule has 5 nitrogen and oxygen atoms in total. The van der Waals surface area contributed by atoms with Crippen LogP contribution in [-0.2, 0) is 0 Å². The molecule has 0 bridgehead atoms. The summed E-state index contributed by atoms with van der Waals surface area (Å²) in [7, 11) is 2.02. The molecule has 2 aromatic rings. The topological polar surface area (TPSA) is 41.4 Å². The minimum atomic E-state index is -0.784. The first-order valence-electron chi connectivity index (χ1n) is 7.13. The summed E-state index contributed by atoms with van der Waals surface area (Å²) in [6, 6.07) is 2.79. The molecular weight excluding hydrogens is 326 g/mol. The predicted octanol–water partition coefficient (Wildman–Crippen LogP) is 1.92. The first kappa shape index (κ1) is 15.9. The summed E-state index contributed by atoms with van der Waals surface area (Å²) in [6.07, 6.45) is 1.46. The van der Waals surface area contributed by atoms with Crippen LogP contribution in [0.1, 0.15) is 0 Å². The molecule has 122 valence electrons. The van der Waals surface area contributed by atoms with Crippen molar-refractivity contribution in [1.29, 1.82) is 0 Å². The largest absolute Gasteiger partial charge is 0.366 e. The fourth-order valence-electron chi connectivity index (χ4n) is 2.54. The lowest BCUT2D eigenvalue weighted by Crippen LogP contribution is -2.45. The normalized spacial score (nSPS) is 15.9. The third-order valence-electron chi connectivity index (χ3n) is 3.84. The Morgan fingerprint density at radius 2 is 1.70 bits per heavy atom. The molecule has 3 rings (SSSR count). The highest BCUT2D eigenvalue weighted by molar-refractivity contribution is 6.33. The van der Waals surface area contributed by atoms with E-state index < -0.39 is 17.2 Å². The zero-order chi connectivity index (χ0) is 16.6. The molecule has 0 aliphatic carbocycles. The first-order chi connectivity index (χ1) is 11.0. The Morgan fingerprint density at radius 1 is 1.09 bits per heavy atom. The maximum absolute atomic E-state index is 13.3. The van der Waals surface area contributed by atoms with Crippen molar-refractivity contribution in [3.05, 3.63) is 51.4 Å². The Balaban J connectivity index is 1.99. The van der Waals surface area contributed by atoms with Gasteiger partial charge in [0, 0.05) is 32.2 Å². The molecule has 8 heteroatoms. The summed E-state index contributed by atoms with van der Waals surface area (Å²) in [5.74, 6) is -1.57. The van der Waals surface area contributed by atoms with E-state index in [9.17, 15) is 13.6 Å². The van der Waals surface area contributed by atoms with Gasteiger partial charge in [-0.3, -0.25) is 4.79 Å². The molecule has 0 unspecified atom stereocenters. The van der Waals surface area contributed by atoms with Crippen molar-refractivity contribution in [2.24, 2.45) is 0 Å². The van der Waals surface area contributed by atoms with Gasteiger partial charge < -0.3 is 9.80 Å². The lowest BCUT2D eigenvalue weighted by Gasteiger charge is -2.34. The first-order valence-corrected chi connectivity index (χ1v) is 7.51. The summed E-state index contributed by atoms with van der Waals surface area (Å²) in [5, 5.41) is 4.01. The number of aromatic nitrogens is 2. The highest BCUT2D eigenvalue weighted by Gasteiger charge is 2.20. The molecule has 1 aliphatic heterocycles. The third kappa shape index (κ3) is 3.20. The average molecular weight is 341 g/mol. The van der Waals surface area contributed by atoms with Gasteiger partial charge in [-0.1, -0.05) is 11.6 Å². The van der Waals surface area contributed by atoms with Crippen molar-refractivity contribution >= 4 is 17.3 Å². The van der Waals surface area contributed by atoms with Crippen LogP contribution in [0.15, 0.2) is 29.2 Å². The molecule has 23 heavy (non-hydrogen) atoms. The van der Waals surface area contributed by atoms with E-state index in [1.54, 1.807) is 0 Å². The third-order valence-corrected chi connectivity index (χ3v) is 4.19. The van der Waals surface area contributed by atoms with Crippen LogP contribution in [-0.4, -0.2) is 47.9 Å². The number of hydrogen-bond acceptors (Lipinski definition) is 4. The van der Waals surface area contributed by atoms with Crippen LogP contribution < -0.4 is 10.5 Å². The van der Waals surface area contributed by atoms with Gasteiger partial charge in [0.1, 0.15) is 16.7 Å². The van der Waals surface area contributed by atoms with Gasteiger partial charge in [-0.15, -0.1) is 0 Å². The maximum atomic E-state index is 13.3. The summed E-state index contributed by atoms with van der Waals surface area (Å²) in [6.45, 7) is 3.18. The molecule has 0 N–H and O–H groups in total. The number of piperazine rings is 1. The fourth-order valence-corrected chi connectivity index (χ4v) is 2.79. The molecule has 1 fully saturated rings. The van der Waals surface area contributed by atoms with Crippen molar-refractivity contribution in [3.8, 4) is 5.69 Å². The number of benzene rings is 1. The second-order valence-electron chi connectivity index (χ2n) is 5.48. The molecule has 2 heterocycles. The van der Waals surface area contributed by atoms with Crippen molar-refractivity contribution in [1.82, 2.24) is 14.7 Å². The molecule has 0 saturated carbocycles. The Labute approximate surface area is 136 Å². The van der Waals surface area contributed by atoms with E-state index in [1.807, 2.05) is 11.9 Å². The average Bonchev–Trinajstić information content (AvgIpc) is 2.50. The predicted molar refractivity (Wildman–Crippen MR) is 84.5 cm³/mol. The van der Waals surface area contributed by atoms with Gasteiger partial charge in [0.15, 0.2) is 0 Å². The Bertz CT molecular complexity index is 767. The van der Waals surface area contributed by atoms with E-state index in [0.717, 1.165) is 49.1 Å². The number of nitrogens with zero attached hydrogens (tertiary/aromatic N) is 4. The molecule has 0 amide bonds. The van der Waals surface area contributed by atoms with Crippen LogP contribution in [0, 0.1) is 11.6 Å². The Morgan fingerprint density at radius 3 is 2.30 bits per heavy atom. The zero-order valence-electron chi connectivity index (χ0n) is 12.5. The Hall–Kier alpha value is -1.99. The smallest absolute Gasteiger partial charge is 0.292 e. The van der Waals surface area contributed by atoms with Gasteiger partial charge in [-0.05, 0) is 19.2 Å². The number of rotatable bonds is 2. The monoisotopic (exact) mass is 340 g/mol. The minimum Gasteiger partial charge on any atom is -0.366 e. The number of halogens is 3. The standard InChI is InChI=1S/C15H15ClF2N4O/c1-20-2-4-21(5-3-20)13-9-19-22(15(23)14(13)16)12-7-10(17)6-11(18)8-12/h6-9H,2-5H2,1H3. The minimum absolute atomic E-state index is 0.000623. The molecule has 1 saturated heterocycles. The molecule has 0 spiro atoms. The van der Waals surface area contributed by atoms with Crippen molar-refractivity contribution in [3.63, 3.8) is 0 Å². The second-order valence-corrected chi connectivity index (χ2v) is 5.86. The van der Waals surface area contributed by atoms with E-state index in [1.165, 1.54) is 6.20 Å². The van der Waals surface area contributed by atoms with Gasteiger partial charge in [0.25, 0.3) is 5.56 Å². The molecule has 0 atom stereocenters. The Kier molecular flexibility index (Phi) is 4.32. The molecule has 1 aromatic carbocycles. The lowest BCUT2D eigenvalue weighted by atomic mass is 10.3. The summed E-state index contributed by atoms with van der Waals surface area (Å²) >= 11 is 6.18. The maximum Gasteiger partial charge on any atom is 0.292 e.